The zero-order chi connectivity index (χ0) is 13.8. The average Bonchev–Trinajstić information content (AvgIpc) is 2.45. The molecule has 1 amide bonds. The van der Waals surface area contributed by atoms with Crippen molar-refractivity contribution in [1.29, 1.82) is 0 Å². The van der Waals surface area contributed by atoms with Gasteiger partial charge in [-0.25, -0.2) is 0 Å². The summed E-state index contributed by atoms with van der Waals surface area (Å²) in [5.41, 5.74) is 6.40. The van der Waals surface area contributed by atoms with Gasteiger partial charge in [0.1, 0.15) is 17.1 Å². The highest BCUT2D eigenvalue weighted by Crippen LogP contribution is 2.30. The highest BCUT2D eigenvalue weighted by molar-refractivity contribution is 5.99. The number of rotatable bonds is 3. The van der Waals surface area contributed by atoms with E-state index in [1.807, 2.05) is 0 Å². The maximum atomic E-state index is 12.6. The van der Waals surface area contributed by atoms with Crippen LogP contribution in [0.5, 0.6) is 11.5 Å². The fourth-order valence-electron chi connectivity index (χ4n) is 2.41. The van der Waals surface area contributed by atoms with Crippen LogP contribution in [0.25, 0.3) is 0 Å². The van der Waals surface area contributed by atoms with Crippen LogP contribution in [0.3, 0.4) is 0 Å². The van der Waals surface area contributed by atoms with Crippen molar-refractivity contribution in [3.8, 4) is 11.5 Å². The van der Waals surface area contributed by atoms with Crippen LogP contribution in [0.4, 0.5) is 0 Å². The van der Waals surface area contributed by atoms with E-state index < -0.39 is 0 Å². The van der Waals surface area contributed by atoms with Crippen LogP contribution in [-0.2, 0) is 0 Å². The first-order chi connectivity index (χ1) is 9.17. The Hall–Kier alpha value is -1.75. The number of likely N-dealkylation sites (tertiary alicyclic amines) is 1. The predicted octanol–water partition coefficient (Wildman–Crippen LogP) is 1.27. The Morgan fingerprint density at radius 3 is 2.47 bits per heavy atom. The third kappa shape index (κ3) is 2.81. The van der Waals surface area contributed by atoms with Gasteiger partial charge in [-0.1, -0.05) is 6.07 Å². The summed E-state index contributed by atoms with van der Waals surface area (Å²) in [6.07, 6.45) is 1.90. The Kier molecular flexibility index (Phi) is 4.27. The lowest BCUT2D eigenvalue weighted by molar-refractivity contribution is 0.0702. The number of nitrogens with two attached hydrogens (primary N) is 1. The van der Waals surface area contributed by atoms with Gasteiger partial charge >= 0.3 is 0 Å². The van der Waals surface area contributed by atoms with E-state index in [1.54, 1.807) is 37.3 Å². The second-order valence-electron chi connectivity index (χ2n) is 4.69. The fraction of sp³-hybridized carbons (Fsp3) is 0.500. The summed E-state index contributed by atoms with van der Waals surface area (Å²) in [5.74, 6) is 0.983. The number of carbonyl (C=O) groups is 1. The molecule has 5 heteroatoms. The normalized spacial score (nSPS) is 19.1. The summed E-state index contributed by atoms with van der Waals surface area (Å²) in [6.45, 7) is 1.31. The molecule has 1 aromatic carbocycles. The SMILES string of the molecule is COc1cccc(OC)c1C(=O)N1CCC[C@@H](N)C1. The molecule has 1 fully saturated rings. The summed E-state index contributed by atoms with van der Waals surface area (Å²) in [4.78, 5) is 14.4. The van der Waals surface area contributed by atoms with Gasteiger partial charge in [0.25, 0.3) is 5.91 Å². The molecule has 1 aliphatic rings. The number of benzene rings is 1. The molecular weight excluding hydrogens is 244 g/mol. The summed E-state index contributed by atoms with van der Waals surface area (Å²) in [5, 5.41) is 0. The first kappa shape index (κ1) is 13.7. The summed E-state index contributed by atoms with van der Waals surface area (Å²) >= 11 is 0. The Bertz CT molecular complexity index is 440. The third-order valence-electron chi connectivity index (χ3n) is 3.39. The minimum absolute atomic E-state index is 0.0541. The van der Waals surface area contributed by atoms with Gasteiger partial charge in [0.05, 0.1) is 14.2 Å². The second-order valence-corrected chi connectivity index (χ2v) is 4.69. The maximum Gasteiger partial charge on any atom is 0.261 e. The molecule has 0 unspecified atom stereocenters. The lowest BCUT2D eigenvalue weighted by Crippen LogP contribution is -2.45. The monoisotopic (exact) mass is 264 g/mol. The van der Waals surface area contributed by atoms with E-state index in [4.69, 9.17) is 15.2 Å². The molecule has 19 heavy (non-hydrogen) atoms. The molecule has 5 nitrogen and oxygen atoms in total. The Morgan fingerprint density at radius 1 is 1.32 bits per heavy atom. The van der Waals surface area contributed by atoms with Crippen LogP contribution < -0.4 is 15.2 Å². The van der Waals surface area contributed by atoms with Gasteiger partial charge < -0.3 is 20.1 Å². The number of methoxy groups -OCH3 is 2. The fourth-order valence-corrected chi connectivity index (χ4v) is 2.41. The van der Waals surface area contributed by atoms with Gasteiger partial charge in [-0.15, -0.1) is 0 Å². The van der Waals surface area contributed by atoms with Gasteiger partial charge in [-0.2, -0.15) is 0 Å². The largest absolute Gasteiger partial charge is 0.496 e. The molecule has 1 saturated heterocycles. The molecule has 1 atom stereocenters. The van der Waals surface area contributed by atoms with Gasteiger partial charge in [0.15, 0.2) is 0 Å². The van der Waals surface area contributed by atoms with Crippen molar-refractivity contribution in [2.45, 2.75) is 18.9 Å². The molecule has 0 bridgehead atoms. The van der Waals surface area contributed by atoms with E-state index in [1.165, 1.54) is 0 Å². The lowest BCUT2D eigenvalue weighted by Gasteiger charge is -2.31. The topological polar surface area (TPSA) is 64.8 Å². The lowest BCUT2D eigenvalue weighted by atomic mass is 10.0. The molecule has 104 valence electrons. The van der Waals surface area contributed by atoms with Gasteiger partial charge in [0.2, 0.25) is 0 Å². The van der Waals surface area contributed by atoms with E-state index in [-0.39, 0.29) is 11.9 Å². The van der Waals surface area contributed by atoms with Crippen LogP contribution >= 0.6 is 0 Å². The first-order valence-electron chi connectivity index (χ1n) is 6.43. The molecule has 1 aromatic rings. The zero-order valence-electron chi connectivity index (χ0n) is 11.4. The maximum absolute atomic E-state index is 12.6. The van der Waals surface area contributed by atoms with Crippen LogP contribution in [0.2, 0.25) is 0 Å². The number of amides is 1. The van der Waals surface area contributed by atoms with E-state index in [0.29, 0.717) is 23.6 Å². The van der Waals surface area contributed by atoms with E-state index in [9.17, 15) is 4.79 Å². The minimum Gasteiger partial charge on any atom is -0.496 e. The van der Waals surface area contributed by atoms with Gasteiger partial charge in [-0.3, -0.25) is 4.79 Å². The quantitative estimate of drug-likeness (QED) is 0.893. The highest BCUT2D eigenvalue weighted by Gasteiger charge is 2.27. The van der Waals surface area contributed by atoms with Gasteiger partial charge in [-0.05, 0) is 25.0 Å². The molecule has 2 rings (SSSR count). The van der Waals surface area contributed by atoms with Gasteiger partial charge in [0, 0.05) is 19.1 Å². The van der Waals surface area contributed by atoms with Crippen molar-refractivity contribution in [2.24, 2.45) is 5.73 Å². The minimum atomic E-state index is -0.0792. The van der Waals surface area contributed by atoms with Crippen molar-refractivity contribution >= 4 is 5.91 Å². The Balaban J connectivity index is 2.31. The molecule has 0 spiro atoms. The number of hydrogen-bond donors (Lipinski definition) is 1. The van der Waals surface area contributed by atoms with Crippen molar-refractivity contribution in [3.05, 3.63) is 23.8 Å². The molecular formula is C14H20N2O3. The average molecular weight is 264 g/mol. The van der Waals surface area contributed by atoms with Crippen LogP contribution in [0, 0.1) is 0 Å². The highest BCUT2D eigenvalue weighted by atomic mass is 16.5. The molecule has 1 heterocycles. The summed E-state index contributed by atoms with van der Waals surface area (Å²) in [6, 6.07) is 5.38. The Morgan fingerprint density at radius 2 is 1.95 bits per heavy atom. The van der Waals surface area contributed by atoms with Crippen LogP contribution in [0.1, 0.15) is 23.2 Å². The van der Waals surface area contributed by atoms with Crippen molar-refractivity contribution < 1.29 is 14.3 Å². The number of nitrogens with zero attached hydrogens (tertiary/aromatic N) is 1. The molecule has 0 saturated carbocycles. The van der Waals surface area contributed by atoms with Crippen molar-refractivity contribution in [3.63, 3.8) is 0 Å². The molecule has 1 aliphatic heterocycles. The number of piperidine rings is 1. The van der Waals surface area contributed by atoms with E-state index in [0.717, 1.165) is 19.4 Å². The van der Waals surface area contributed by atoms with Crippen LogP contribution in [0.15, 0.2) is 18.2 Å². The van der Waals surface area contributed by atoms with E-state index in [2.05, 4.69) is 0 Å². The van der Waals surface area contributed by atoms with Crippen molar-refractivity contribution in [2.75, 3.05) is 27.3 Å². The predicted molar refractivity (Wildman–Crippen MR) is 72.7 cm³/mol. The third-order valence-corrected chi connectivity index (χ3v) is 3.39. The number of ether oxygens (including phenoxy) is 2. The zero-order valence-corrected chi connectivity index (χ0v) is 11.4. The summed E-state index contributed by atoms with van der Waals surface area (Å²) in [7, 11) is 3.10. The van der Waals surface area contributed by atoms with E-state index >= 15 is 0 Å². The second kappa shape index (κ2) is 5.93. The first-order valence-corrected chi connectivity index (χ1v) is 6.43. The van der Waals surface area contributed by atoms with Crippen molar-refractivity contribution in [1.82, 2.24) is 4.90 Å². The number of hydrogen-bond acceptors (Lipinski definition) is 4. The summed E-state index contributed by atoms with van der Waals surface area (Å²) < 4.78 is 10.5. The standard InChI is InChI=1S/C14H20N2O3/c1-18-11-6-3-7-12(19-2)13(11)14(17)16-8-4-5-10(15)9-16/h3,6-7,10H,4-5,8-9,15H2,1-2H3/t10-/m1/s1. The molecule has 2 N–H and O–H groups in total. The molecule has 0 aromatic heterocycles. The Labute approximate surface area is 113 Å². The molecule has 0 radical (unpaired) electrons. The van der Waals surface area contributed by atoms with Crippen LogP contribution in [-0.4, -0.2) is 44.2 Å². The smallest absolute Gasteiger partial charge is 0.261 e. The molecule has 0 aliphatic carbocycles. The number of carbonyl (C=O) groups excluding carboxylic acids is 1.